The summed E-state index contributed by atoms with van der Waals surface area (Å²) in [6.45, 7) is 2.15. The number of aryl methyl sites for hydroxylation is 1. The molecule has 8 heteroatoms. The first-order valence-electron chi connectivity index (χ1n) is 12.0. The van der Waals surface area contributed by atoms with Crippen molar-refractivity contribution >= 4 is 21.6 Å². The number of sulfonamides is 1. The van der Waals surface area contributed by atoms with Crippen LogP contribution in [-0.4, -0.2) is 46.0 Å². The van der Waals surface area contributed by atoms with Crippen molar-refractivity contribution in [2.24, 2.45) is 0 Å². The first-order chi connectivity index (χ1) is 16.3. The van der Waals surface area contributed by atoms with Crippen LogP contribution in [0.4, 0.5) is 0 Å². The molecule has 3 fully saturated rings. The number of H-pyrrole nitrogens is 1. The van der Waals surface area contributed by atoms with Crippen LogP contribution < -0.4 is 0 Å². The Labute approximate surface area is 205 Å². The van der Waals surface area contributed by atoms with Crippen LogP contribution >= 0.6 is 11.6 Å². The van der Waals surface area contributed by atoms with Crippen molar-refractivity contribution < 1.29 is 13.5 Å². The van der Waals surface area contributed by atoms with E-state index in [4.69, 9.17) is 11.6 Å². The number of aliphatic hydroxyl groups excluding tert-OH is 1. The van der Waals surface area contributed by atoms with Crippen molar-refractivity contribution in [3.8, 4) is 22.6 Å². The summed E-state index contributed by atoms with van der Waals surface area (Å²) < 4.78 is 28.9. The van der Waals surface area contributed by atoms with E-state index in [-0.39, 0.29) is 22.0 Å². The molecule has 178 valence electrons. The van der Waals surface area contributed by atoms with Gasteiger partial charge in [0.05, 0.1) is 23.0 Å². The molecule has 34 heavy (non-hydrogen) atoms. The molecule has 0 amide bonds. The predicted molar refractivity (Wildman–Crippen MR) is 132 cm³/mol. The molecule has 1 aliphatic carbocycles. The summed E-state index contributed by atoms with van der Waals surface area (Å²) in [5.41, 5.74) is 5.34. The number of nitrogens with one attached hydrogen (secondary N) is 1. The smallest absolute Gasteiger partial charge is 0.245 e. The van der Waals surface area contributed by atoms with Crippen molar-refractivity contribution in [2.75, 3.05) is 0 Å². The van der Waals surface area contributed by atoms with Gasteiger partial charge >= 0.3 is 0 Å². The second kappa shape index (κ2) is 8.19. The van der Waals surface area contributed by atoms with Gasteiger partial charge in [0.15, 0.2) is 0 Å². The minimum atomic E-state index is -3.79. The monoisotopic (exact) mass is 497 g/mol. The number of fused-ring (bicyclic) bond motifs is 2. The number of piperidine rings is 1. The lowest BCUT2D eigenvalue weighted by Crippen LogP contribution is -2.47. The molecule has 2 aromatic carbocycles. The molecule has 1 saturated carbocycles. The molecule has 6 rings (SSSR count). The Balaban J connectivity index is 1.32. The largest absolute Gasteiger partial charge is 0.393 e. The van der Waals surface area contributed by atoms with Crippen LogP contribution in [0.15, 0.2) is 47.5 Å². The molecule has 2 saturated heterocycles. The fourth-order valence-corrected chi connectivity index (χ4v) is 8.17. The van der Waals surface area contributed by atoms with Gasteiger partial charge < -0.3 is 10.1 Å². The standard InChI is InChI=1S/C26H28ClN3O3S/c1-15-10-17(4-8-22(15)16-2-3-16)24-14-28-26(29-24)18-5-9-23(27)25(11-18)34(32,33)30-19-6-7-20(30)13-21(31)12-19/h4-5,8-11,14,16,19-21,31H,2-3,6-7,12-13H2,1H3,(H,28,29)/t19-,20?,21+/m1/s1. The number of aromatic nitrogens is 2. The Kier molecular flexibility index (Phi) is 5.37. The number of hydrogen-bond acceptors (Lipinski definition) is 4. The number of hydrogen-bond donors (Lipinski definition) is 2. The Hall–Kier alpha value is -2.19. The number of aliphatic hydroxyl groups is 1. The maximum atomic E-state index is 13.6. The third-order valence-electron chi connectivity index (χ3n) is 7.58. The van der Waals surface area contributed by atoms with Gasteiger partial charge in [-0.3, -0.25) is 0 Å². The molecule has 3 aliphatic rings. The molecule has 6 nitrogen and oxygen atoms in total. The Bertz CT molecular complexity index is 1350. The molecule has 3 atom stereocenters. The van der Waals surface area contributed by atoms with Gasteiger partial charge in [0, 0.05) is 17.6 Å². The molecule has 0 radical (unpaired) electrons. The first kappa shape index (κ1) is 22.3. The number of benzene rings is 2. The number of imidazole rings is 1. The Morgan fingerprint density at radius 3 is 2.41 bits per heavy atom. The van der Waals surface area contributed by atoms with Crippen LogP contribution in [0, 0.1) is 6.92 Å². The van der Waals surface area contributed by atoms with Crippen molar-refractivity contribution in [3.63, 3.8) is 0 Å². The van der Waals surface area contributed by atoms with Crippen LogP contribution in [0.1, 0.15) is 55.6 Å². The van der Waals surface area contributed by atoms with E-state index in [0.717, 1.165) is 24.1 Å². The van der Waals surface area contributed by atoms with Gasteiger partial charge in [0.1, 0.15) is 10.7 Å². The van der Waals surface area contributed by atoms with E-state index >= 15 is 0 Å². The Morgan fingerprint density at radius 1 is 1.03 bits per heavy atom. The van der Waals surface area contributed by atoms with Crippen molar-refractivity contribution in [3.05, 3.63) is 58.7 Å². The van der Waals surface area contributed by atoms with Gasteiger partial charge in [-0.25, -0.2) is 13.4 Å². The third kappa shape index (κ3) is 3.79. The quantitative estimate of drug-likeness (QED) is 0.503. The summed E-state index contributed by atoms with van der Waals surface area (Å²) in [7, 11) is -3.79. The average Bonchev–Trinajstić information content (AvgIpc) is 3.44. The lowest BCUT2D eigenvalue weighted by atomic mass is 10.0. The SMILES string of the molecule is Cc1cc(-c2cnc(-c3ccc(Cl)c(S(=O)(=O)N4C5CC[C@@H]4C[C@H](O)C5)c3)[nH]2)ccc1C1CC1. The molecular weight excluding hydrogens is 470 g/mol. The molecule has 2 N–H and O–H groups in total. The molecule has 3 heterocycles. The molecule has 0 spiro atoms. The van der Waals surface area contributed by atoms with E-state index in [0.29, 0.717) is 30.1 Å². The van der Waals surface area contributed by atoms with Gasteiger partial charge in [0.2, 0.25) is 10.0 Å². The zero-order valence-corrected chi connectivity index (χ0v) is 20.6. The molecule has 2 aliphatic heterocycles. The highest BCUT2D eigenvalue weighted by Crippen LogP contribution is 2.43. The molecular formula is C26H28ClN3O3S. The van der Waals surface area contributed by atoms with Crippen molar-refractivity contribution in [2.45, 2.75) is 74.4 Å². The lowest BCUT2D eigenvalue weighted by molar-refractivity contribution is 0.0769. The summed E-state index contributed by atoms with van der Waals surface area (Å²) in [5, 5.41) is 10.3. The summed E-state index contributed by atoms with van der Waals surface area (Å²) >= 11 is 6.41. The van der Waals surface area contributed by atoms with Crippen LogP contribution in [0.5, 0.6) is 0 Å². The van der Waals surface area contributed by atoms with E-state index in [1.807, 2.05) is 0 Å². The summed E-state index contributed by atoms with van der Waals surface area (Å²) in [4.78, 5) is 7.99. The molecule has 1 aromatic heterocycles. The van der Waals surface area contributed by atoms with E-state index in [1.54, 1.807) is 28.7 Å². The highest BCUT2D eigenvalue weighted by atomic mass is 35.5. The van der Waals surface area contributed by atoms with Gasteiger partial charge in [-0.1, -0.05) is 23.7 Å². The van der Waals surface area contributed by atoms with Crippen molar-refractivity contribution in [1.29, 1.82) is 0 Å². The first-order valence-corrected chi connectivity index (χ1v) is 13.8. The van der Waals surface area contributed by atoms with Gasteiger partial charge in [0.25, 0.3) is 0 Å². The number of nitrogens with zero attached hydrogens (tertiary/aromatic N) is 2. The number of halogens is 1. The second-order valence-corrected chi connectivity index (χ2v) is 12.2. The van der Waals surface area contributed by atoms with Gasteiger partial charge in [-0.2, -0.15) is 4.31 Å². The number of rotatable bonds is 5. The van der Waals surface area contributed by atoms with Crippen LogP contribution in [0.3, 0.4) is 0 Å². The predicted octanol–water partition coefficient (Wildman–Crippen LogP) is 5.26. The maximum absolute atomic E-state index is 13.6. The summed E-state index contributed by atoms with van der Waals surface area (Å²) in [5.74, 6) is 1.31. The fourth-order valence-electron chi connectivity index (χ4n) is 5.77. The van der Waals surface area contributed by atoms with Crippen LogP contribution in [-0.2, 0) is 10.0 Å². The van der Waals surface area contributed by atoms with E-state index in [1.165, 1.54) is 24.0 Å². The number of aromatic amines is 1. The highest BCUT2D eigenvalue weighted by Gasteiger charge is 2.47. The molecule has 2 bridgehead atoms. The summed E-state index contributed by atoms with van der Waals surface area (Å²) in [6.07, 6.45) is 6.41. The van der Waals surface area contributed by atoms with E-state index < -0.39 is 16.1 Å². The topological polar surface area (TPSA) is 86.3 Å². The lowest BCUT2D eigenvalue weighted by Gasteiger charge is -2.36. The van der Waals surface area contributed by atoms with Gasteiger partial charge in [-0.05, 0) is 92.3 Å². The van der Waals surface area contributed by atoms with Crippen LogP contribution in [0.25, 0.3) is 22.6 Å². The molecule has 3 aromatic rings. The molecule has 1 unspecified atom stereocenters. The minimum absolute atomic E-state index is 0.0996. The highest BCUT2D eigenvalue weighted by molar-refractivity contribution is 7.89. The van der Waals surface area contributed by atoms with Crippen LogP contribution in [0.2, 0.25) is 5.02 Å². The Morgan fingerprint density at radius 2 is 1.74 bits per heavy atom. The summed E-state index contributed by atoms with van der Waals surface area (Å²) in [6, 6.07) is 11.2. The fraction of sp³-hybridized carbons (Fsp3) is 0.423. The van der Waals surface area contributed by atoms with E-state index in [2.05, 4.69) is 35.1 Å². The van der Waals surface area contributed by atoms with Gasteiger partial charge in [-0.15, -0.1) is 0 Å². The minimum Gasteiger partial charge on any atom is -0.393 e. The van der Waals surface area contributed by atoms with Crippen molar-refractivity contribution in [1.82, 2.24) is 14.3 Å². The zero-order valence-electron chi connectivity index (χ0n) is 19.0. The average molecular weight is 498 g/mol. The third-order valence-corrected chi connectivity index (χ3v) is 10.1. The second-order valence-electron chi connectivity index (χ2n) is 9.98. The normalized spacial score (nSPS) is 25.1. The maximum Gasteiger partial charge on any atom is 0.245 e. The zero-order chi connectivity index (χ0) is 23.6. The van der Waals surface area contributed by atoms with E-state index in [9.17, 15) is 13.5 Å².